The van der Waals surface area contributed by atoms with Crippen molar-refractivity contribution in [1.82, 2.24) is 0 Å². The second kappa shape index (κ2) is 7.46. The third-order valence-corrected chi connectivity index (χ3v) is 4.97. The fourth-order valence-electron chi connectivity index (χ4n) is 2.82. The fourth-order valence-corrected chi connectivity index (χ4v) is 3.16. The molecule has 1 atom stereocenters. The molecule has 1 aliphatic rings. The monoisotopic (exact) mass is 338 g/mol. The zero-order chi connectivity index (χ0) is 14.5. The number of nitrogens with two attached hydrogens (primary N) is 1. The average molecular weight is 339 g/mol. The molecule has 0 saturated heterocycles. The summed E-state index contributed by atoms with van der Waals surface area (Å²) in [6.45, 7) is 6.68. The Morgan fingerprint density at radius 3 is 2.65 bits per heavy atom. The van der Waals surface area contributed by atoms with Gasteiger partial charge in [-0.15, -0.1) is 0 Å². The van der Waals surface area contributed by atoms with Crippen molar-refractivity contribution >= 4 is 21.6 Å². The fraction of sp³-hybridized carbons (Fsp3) is 0.647. The highest BCUT2D eigenvalue weighted by Gasteiger charge is 2.21. The molecule has 2 nitrogen and oxygen atoms in total. The lowest BCUT2D eigenvalue weighted by Crippen LogP contribution is -2.33. The van der Waals surface area contributed by atoms with Gasteiger partial charge in [0.05, 0.1) is 0 Å². The van der Waals surface area contributed by atoms with Gasteiger partial charge < -0.3 is 10.6 Å². The van der Waals surface area contributed by atoms with E-state index in [0.29, 0.717) is 0 Å². The second-order valence-electron chi connectivity index (χ2n) is 5.98. The van der Waals surface area contributed by atoms with Crippen LogP contribution in [0.3, 0.4) is 0 Å². The van der Waals surface area contributed by atoms with Crippen LogP contribution in [-0.2, 0) is 6.42 Å². The Hall–Kier alpha value is -0.540. The van der Waals surface area contributed by atoms with Gasteiger partial charge in [0.2, 0.25) is 0 Å². The van der Waals surface area contributed by atoms with Crippen LogP contribution in [0, 0.1) is 5.92 Å². The van der Waals surface area contributed by atoms with Crippen molar-refractivity contribution in [3.8, 4) is 0 Å². The summed E-state index contributed by atoms with van der Waals surface area (Å²) in [4.78, 5) is 2.53. The van der Waals surface area contributed by atoms with E-state index >= 15 is 0 Å². The standard InChI is InChI=1S/C17H27BrN2/c1-3-16(19)10-14-8-9-15(18)11-17(14)20(4-2)12-13-6-5-7-13/h8-9,11,13,16H,3-7,10,12,19H2,1-2H3. The largest absolute Gasteiger partial charge is 0.371 e. The van der Waals surface area contributed by atoms with Crippen molar-refractivity contribution < 1.29 is 0 Å². The van der Waals surface area contributed by atoms with Crippen molar-refractivity contribution in [2.45, 2.75) is 52.0 Å². The smallest absolute Gasteiger partial charge is 0.0410 e. The third-order valence-electron chi connectivity index (χ3n) is 4.48. The van der Waals surface area contributed by atoms with Gasteiger partial charge in [0.15, 0.2) is 0 Å². The maximum Gasteiger partial charge on any atom is 0.0410 e. The molecule has 0 radical (unpaired) electrons. The van der Waals surface area contributed by atoms with E-state index in [1.165, 1.54) is 37.1 Å². The molecule has 1 aliphatic carbocycles. The molecule has 2 rings (SSSR count). The first kappa shape index (κ1) is 15.8. The molecule has 1 aromatic carbocycles. The molecule has 1 fully saturated rings. The molecule has 1 aromatic rings. The first-order chi connectivity index (χ1) is 9.63. The van der Waals surface area contributed by atoms with Gasteiger partial charge in [0.1, 0.15) is 0 Å². The van der Waals surface area contributed by atoms with Gasteiger partial charge in [0, 0.05) is 29.3 Å². The Morgan fingerprint density at radius 1 is 1.35 bits per heavy atom. The summed E-state index contributed by atoms with van der Waals surface area (Å²) in [5.41, 5.74) is 8.93. The van der Waals surface area contributed by atoms with Crippen molar-refractivity contribution in [3.05, 3.63) is 28.2 Å². The van der Waals surface area contributed by atoms with Crippen LogP contribution in [0.15, 0.2) is 22.7 Å². The number of benzene rings is 1. The highest BCUT2D eigenvalue weighted by molar-refractivity contribution is 9.10. The van der Waals surface area contributed by atoms with Gasteiger partial charge in [-0.1, -0.05) is 35.3 Å². The number of rotatable bonds is 7. The van der Waals surface area contributed by atoms with E-state index in [1.807, 2.05) is 0 Å². The van der Waals surface area contributed by atoms with E-state index in [-0.39, 0.29) is 6.04 Å². The molecule has 112 valence electrons. The number of nitrogens with zero attached hydrogens (tertiary/aromatic N) is 1. The highest BCUT2D eigenvalue weighted by Crippen LogP contribution is 2.32. The number of anilines is 1. The third kappa shape index (κ3) is 3.98. The van der Waals surface area contributed by atoms with E-state index in [2.05, 4.69) is 52.9 Å². The Balaban J connectivity index is 2.18. The molecule has 0 heterocycles. The lowest BCUT2D eigenvalue weighted by Gasteiger charge is -2.34. The number of hydrogen-bond donors (Lipinski definition) is 1. The van der Waals surface area contributed by atoms with Crippen LogP contribution in [0.25, 0.3) is 0 Å². The minimum Gasteiger partial charge on any atom is -0.371 e. The molecule has 3 heteroatoms. The van der Waals surface area contributed by atoms with Crippen LogP contribution in [0.4, 0.5) is 5.69 Å². The van der Waals surface area contributed by atoms with Gasteiger partial charge in [-0.25, -0.2) is 0 Å². The van der Waals surface area contributed by atoms with Crippen LogP contribution in [0.1, 0.15) is 45.1 Å². The van der Waals surface area contributed by atoms with Crippen molar-refractivity contribution in [2.24, 2.45) is 11.7 Å². The lowest BCUT2D eigenvalue weighted by atomic mass is 9.85. The van der Waals surface area contributed by atoms with Gasteiger partial charge in [-0.3, -0.25) is 0 Å². The van der Waals surface area contributed by atoms with Crippen LogP contribution in [-0.4, -0.2) is 19.1 Å². The summed E-state index contributed by atoms with van der Waals surface area (Å²) in [6.07, 6.45) is 6.21. The summed E-state index contributed by atoms with van der Waals surface area (Å²) < 4.78 is 1.16. The number of halogens is 1. The number of hydrogen-bond acceptors (Lipinski definition) is 2. The van der Waals surface area contributed by atoms with E-state index in [4.69, 9.17) is 5.73 Å². The zero-order valence-corrected chi connectivity index (χ0v) is 14.3. The zero-order valence-electron chi connectivity index (χ0n) is 12.7. The van der Waals surface area contributed by atoms with Crippen LogP contribution in [0.5, 0.6) is 0 Å². The van der Waals surface area contributed by atoms with E-state index in [0.717, 1.165) is 29.8 Å². The van der Waals surface area contributed by atoms with E-state index in [9.17, 15) is 0 Å². The van der Waals surface area contributed by atoms with E-state index in [1.54, 1.807) is 0 Å². The van der Waals surface area contributed by atoms with Gasteiger partial charge in [0.25, 0.3) is 0 Å². The molecular weight excluding hydrogens is 312 g/mol. The molecule has 0 aromatic heterocycles. The van der Waals surface area contributed by atoms with Crippen LogP contribution in [0.2, 0.25) is 0 Å². The normalized spacial score (nSPS) is 16.8. The first-order valence-electron chi connectivity index (χ1n) is 7.93. The molecule has 0 amide bonds. The highest BCUT2D eigenvalue weighted by atomic mass is 79.9. The van der Waals surface area contributed by atoms with Crippen molar-refractivity contribution in [3.63, 3.8) is 0 Å². The SMILES string of the molecule is CCC(N)Cc1ccc(Br)cc1N(CC)CC1CCC1. The summed E-state index contributed by atoms with van der Waals surface area (Å²) in [7, 11) is 0. The lowest BCUT2D eigenvalue weighted by molar-refractivity contribution is 0.318. The quantitative estimate of drug-likeness (QED) is 0.800. The summed E-state index contributed by atoms with van der Waals surface area (Å²) in [6, 6.07) is 6.90. The average Bonchev–Trinajstić information content (AvgIpc) is 2.40. The summed E-state index contributed by atoms with van der Waals surface area (Å²) >= 11 is 3.62. The van der Waals surface area contributed by atoms with E-state index < -0.39 is 0 Å². The topological polar surface area (TPSA) is 29.3 Å². The molecular formula is C17H27BrN2. The van der Waals surface area contributed by atoms with Gasteiger partial charge in [-0.2, -0.15) is 0 Å². The molecule has 1 unspecified atom stereocenters. The summed E-state index contributed by atoms with van der Waals surface area (Å²) in [5, 5.41) is 0. The molecule has 0 bridgehead atoms. The molecule has 0 spiro atoms. The predicted molar refractivity (Wildman–Crippen MR) is 91.3 cm³/mol. The minimum absolute atomic E-state index is 0.261. The molecule has 0 aliphatic heterocycles. The van der Waals surface area contributed by atoms with Crippen LogP contribution < -0.4 is 10.6 Å². The van der Waals surface area contributed by atoms with Gasteiger partial charge in [-0.05, 0) is 56.2 Å². The maximum absolute atomic E-state index is 6.16. The Bertz CT molecular complexity index is 429. The minimum atomic E-state index is 0.261. The second-order valence-corrected chi connectivity index (χ2v) is 6.90. The first-order valence-corrected chi connectivity index (χ1v) is 8.72. The summed E-state index contributed by atoms with van der Waals surface area (Å²) in [5.74, 6) is 0.890. The molecule has 20 heavy (non-hydrogen) atoms. The molecule has 1 saturated carbocycles. The van der Waals surface area contributed by atoms with Crippen molar-refractivity contribution in [2.75, 3.05) is 18.0 Å². The maximum atomic E-state index is 6.16. The van der Waals surface area contributed by atoms with Crippen molar-refractivity contribution in [1.29, 1.82) is 0 Å². The van der Waals surface area contributed by atoms with Crippen LogP contribution >= 0.6 is 15.9 Å². The Morgan fingerprint density at radius 2 is 2.10 bits per heavy atom. The predicted octanol–water partition coefficient (Wildman–Crippen LogP) is 4.36. The Labute approximate surface area is 131 Å². The van der Waals surface area contributed by atoms with Gasteiger partial charge >= 0.3 is 0 Å². The molecule has 2 N–H and O–H groups in total. The Kier molecular flexibility index (Phi) is 5.91.